The van der Waals surface area contributed by atoms with Crippen molar-refractivity contribution in [2.75, 3.05) is 18.5 Å². The van der Waals surface area contributed by atoms with Gasteiger partial charge in [0, 0.05) is 12.2 Å². The lowest BCUT2D eigenvalue weighted by molar-refractivity contribution is 0.0526. The topological polar surface area (TPSA) is 38.3 Å². The summed E-state index contributed by atoms with van der Waals surface area (Å²) >= 11 is 0. The van der Waals surface area contributed by atoms with Gasteiger partial charge in [-0.05, 0) is 56.0 Å². The first-order valence-electron chi connectivity index (χ1n) is 9.34. The Hall–Kier alpha value is -2.29. The molecule has 25 heavy (non-hydrogen) atoms. The van der Waals surface area contributed by atoms with Crippen LogP contribution in [-0.2, 0) is 11.2 Å². The number of anilines is 1. The van der Waals surface area contributed by atoms with E-state index >= 15 is 0 Å². The van der Waals surface area contributed by atoms with Gasteiger partial charge in [0.25, 0.3) is 0 Å². The Kier molecular flexibility index (Phi) is 8.60. The van der Waals surface area contributed by atoms with Crippen LogP contribution >= 0.6 is 0 Å². The SMILES string of the molecule is CCOC(=O)c1ccc(NCCCCCCCc2ccccc2)cc1. The Balaban J connectivity index is 1.52. The molecule has 0 fully saturated rings. The monoisotopic (exact) mass is 339 g/mol. The molecule has 3 heteroatoms. The number of carbonyl (C=O) groups excluding carboxylic acids is 1. The number of carbonyl (C=O) groups is 1. The van der Waals surface area contributed by atoms with Crippen LogP contribution in [-0.4, -0.2) is 19.1 Å². The van der Waals surface area contributed by atoms with Crippen LogP contribution in [0.5, 0.6) is 0 Å². The van der Waals surface area contributed by atoms with Gasteiger partial charge < -0.3 is 10.1 Å². The first-order valence-corrected chi connectivity index (χ1v) is 9.34. The largest absolute Gasteiger partial charge is 0.462 e. The van der Waals surface area contributed by atoms with Gasteiger partial charge >= 0.3 is 5.97 Å². The standard InChI is InChI=1S/C22H29NO2/c1-2-25-22(24)20-14-16-21(17-15-20)23-18-10-5-3-4-7-11-19-12-8-6-9-13-19/h6,8-9,12-17,23H,2-5,7,10-11,18H2,1H3. The Labute approximate surface area is 151 Å². The highest BCUT2D eigenvalue weighted by molar-refractivity contribution is 5.89. The summed E-state index contributed by atoms with van der Waals surface area (Å²) in [7, 11) is 0. The van der Waals surface area contributed by atoms with Gasteiger partial charge in [0.1, 0.15) is 0 Å². The van der Waals surface area contributed by atoms with E-state index in [9.17, 15) is 4.79 Å². The maximum Gasteiger partial charge on any atom is 0.338 e. The second-order valence-corrected chi connectivity index (χ2v) is 6.23. The van der Waals surface area contributed by atoms with Crippen LogP contribution in [0.3, 0.4) is 0 Å². The molecule has 0 aliphatic rings. The summed E-state index contributed by atoms with van der Waals surface area (Å²) in [6, 6.07) is 18.2. The zero-order chi connectivity index (χ0) is 17.7. The fourth-order valence-corrected chi connectivity index (χ4v) is 2.80. The molecular weight excluding hydrogens is 310 g/mol. The van der Waals surface area contributed by atoms with Gasteiger partial charge in [-0.25, -0.2) is 4.79 Å². The molecule has 3 nitrogen and oxygen atoms in total. The molecule has 0 unspecified atom stereocenters. The summed E-state index contributed by atoms with van der Waals surface area (Å²) in [5, 5.41) is 3.41. The predicted molar refractivity (Wildman–Crippen MR) is 104 cm³/mol. The van der Waals surface area contributed by atoms with Crippen LogP contribution < -0.4 is 5.32 Å². The summed E-state index contributed by atoms with van der Waals surface area (Å²) in [4.78, 5) is 11.6. The smallest absolute Gasteiger partial charge is 0.338 e. The number of rotatable bonds is 11. The lowest BCUT2D eigenvalue weighted by atomic mass is 10.1. The molecule has 0 atom stereocenters. The molecule has 0 radical (unpaired) electrons. The Morgan fingerprint density at radius 1 is 0.880 bits per heavy atom. The molecule has 0 amide bonds. The van der Waals surface area contributed by atoms with E-state index in [-0.39, 0.29) is 5.97 Å². The Bertz CT molecular complexity index is 608. The summed E-state index contributed by atoms with van der Waals surface area (Å²) in [5.41, 5.74) is 3.10. The predicted octanol–water partition coefficient (Wildman–Crippen LogP) is 5.47. The van der Waals surface area contributed by atoms with E-state index in [1.807, 2.05) is 31.2 Å². The third-order valence-corrected chi connectivity index (χ3v) is 4.21. The quantitative estimate of drug-likeness (QED) is 0.436. The van der Waals surface area contributed by atoms with E-state index in [2.05, 4.69) is 35.6 Å². The molecule has 2 aromatic rings. The highest BCUT2D eigenvalue weighted by atomic mass is 16.5. The van der Waals surface area contributed by atoms with E-state index in [1.54, 1.807) is 0 Å². The summed E-state index contributed by atoms with van der Waals surface area (Å²) in [6.45, 7) is 3.19. The van der Waals surface area contributed by atoms with Crippen LogP contribution in [0.25, 0.3) is 0 Å². The molecular formula is C22H29NO2. The third-order valence-electron chi connectivity index (χ3n) is 4.21. The molecule has 0 saturated carbocycles. The Morgan fingerprint density at radius 2 is 1.56 bits per heavy atom. The molecule has 134 valence electrons. The van der Waals surface area contributed by atoms with Crippen LogP contribution in [0, 0.1) is 0 Å². The van der Waals surface area contributed by atoms with Crippen molar-refractivity contribution >= 4 is 11.7 Å². The van der Waals surface area contributed by atoms with Crippen molar-refractivity contribution in [2.24, 2.45) is 0 Å². The number of hydrogen-bond acceptors (Lipinski definition) is 3. The zero-order valence-electron chi connectivity index (χ0n) is 15.2. The summed E-state index contributed by atoms with van der Waals surface area (Å²) in [5.74, 6) is -0.260. The number of nitrogens with one attached hydrogen (secondary N) is 1. The van der Waals surface area contributed by atoms with Crippen molar-refractivity contribution in [1.82, 2.24) is 0 Å². The van der Waals surface area contributed by atoms with Gasteiger partial charge in [0.15, 0.2) is 0 Å². The minimum atomic E-state index is -0.260. The number of benzene rings is 2. The van der Waals surface area contributed by atoms with Crippen molar-refractivity contribution in [3.8, 4) is 0 Å². The second kappa shape index (κ2) is 11.3. The number of hydrogen-bond donors (Lipinski definition) is 1. The van der Waals surface area contributed by atoms with Gasteiger partial charge in [-0.15, -0.1) is 0 Å². The van der Waals surface area contributed by atoms with Crippen molar-refractivity contribution < 1.29 is 9.53 Å². The van der Waals surface area contributed by atoms with Crippen molar-refractivity contribution in [3.63, 3.8) is 0 Å². The van der Waals surface area contributed by atoms with Crippen LogP contribution in [0.4, 0.5) is 5.69 Å². The maximum atomic E-state index is 11.6. The first-order chi connectivity index (χ1) is 12.3. The highest BCUT2D eigenvalue weighted by Crippen LogP contribution is 2.12. The maximum absolute atomic E-state index is 11.6. The number of unbranched alkanes of at least 4 members (excludes halogenated alkanes) is 4. The lowest BCUT2D eigenvalue weighted by Crippen LogP contribution is -2.05. The molecule has 2 rings (SSSR count). The highest BCUT2D eigenvalue weighted by Gasteiger charge is 2.05. The van der Waals surface area contributed by atoms with E-state index in [4.69, 9.17) is 4.74 Å². The number of esters is 1. The van der Waals surface area contributed by atoms with Gasteiger partial charge in [-0.3, -0.25) is 0 Å². The van der Waals surface area contributed by atoms with Gasteiger partial charge in [0.05, 0.1) is 12.2 Å². The first kappa shape index (κ1) is 19.0. The molecule has 0 heterocycles. The summed E-state index contributed by atoms with van der Waals surface area (Å²) in [6.07, 6.45) is 7.46. The normalized spacial score (nSPS) is 10.4. The average molecular weight is 339 g/mol. The van der Waals surface area contributed by atoms with Crippen LogP contribution in [0.1, 0.15) is 54.9 Å². The molecule has 0 aliphatic heterocycles. The van der Waals surface area contributed by atoms with Gasteiger partial charge in [-0.1, -0.05) is 49.6 Å². The second-order valence-electron chi connectivity index (χ2n) is 6.23. The number of aryl methyl sites for hydroxylation is 1. The molecule has 0 saturated heterocycles. The number of ether oxygens (including phenoxy) is 1. The lowest BCUT2D eigenvalue weighted by Gasteiger charge is -2.07. The average Bonchev–Trinajstić information content (AvgIpc) is 2.65. The van der Waals surface area contributed by atoms with Gasteiger partial charge in [-0.2, -0.15) is 0 Å². The minimum Gasteiger partial charge on any atom is -0.462 e. The van der Waals surface area contributed by atoms with Crippen LogP contribution in [0.2, 0.25) is 0 Å². The molecule has 1 N–H and O–H groups in total. The van der Waals surface area contributed by atoms with E-state index in [0.717, 1.165) is 12.2 Å². The fourth-order valence-electron chi connectivity index (χ4n) is 2.80. The van der Waals surface area contributed by atoms with Crippen LogP contribution in [0.15, 0.2) is 54.6 Å². The van der Waals surface area contributed by atoms with Crippen molar-refractivity contribution in [2.45, 2.75) is 45.4 Å². The zero-order valence-corrected chi connectivity index (χ0v) is 15.2. The Morgan fingerprint density at radius 3 is 2.28 bits per heavy atom. The van der Waals surface area contributed by atoms with E-state index in [1.165, 1.54) is 44.1 Å². The molecule has 0 aliphatic carbocycles. The summed E-state index contributed by atoms with van der Waals surface area (Å²) < 4.78 is 4.98. The molecule has 0 aromatic heterocycles. The van der Waals surface area contributed by atoms with Crippen molar-refractivity contribution in [1.29, 1.82) is 0 Å². The molecule has 0 spiro atoms. The van der Waals surface area contributed by atoms with E-state index in [0.29, 0.717) is 12.2 Å². The van der Waals surface area contributed by atoms with E-state index < -0.39 is 0 Å². The fraction of sp³-hybridized carbons (Fsp3) is 0.409. The van der Waals surface area contributed by atoms with Gasteiger partial charge in [0.2, 0.25) is 0 Å². The minimum absolute atomic E-state index is 0.260. The third kappa shape index (κ3) is 7.42. The molecule has 0 bridgehead atoms. The molecule has 2 aromatic carbocycles. The van der Waals surface area contributed by atoms with Crippen molar-refractivity contribution in [3.05, 3.63) is 65.7 Å².